The first-order chi connectivity index (χ1) is 10.2. The van der Waals surface area contributed by atoms with Gasteiger partial charge in [-0.2, -0.15) is 5.10 Å². The van der Waals surface area contributed by atoms with E-state index in [4.69, 9.17) is 0 Å². The Morgan fingerprint density at radius 1 is 1.24 bits per heavy atom. The first-order valence-corrected chi connectivity index (χ1v) is 8.51. The lowest BCUT2D eigenvalue weighted by Crippen LogP contribution is -2.39. The molecule has 0 bridgehead atoms. The summed E-state index contributed by atoms with van der Waals surface area (Å²) >= 11 is 0. The van der Waals surface area contributed by atoms with Crippen LogP contribution >= 0.6 is 0 Å². The molecule has 1 aromatic rings. The van der Waals surface area contributed by atoms with E-state index >= 15 is 0 Å². The van der Waals surface area contributed by atoms with Gasteiger partial charge in [-0.05, 0) is 18.8 Å². The van der Waals surface area contributed by atoms with Crippen molar-refractivity contribution in [3.63, 3.8) is 0 Å². The molecule has 116 valence electrons. The fourth-order valence-electron chi connectivity index (χ4n) is 3.77. The molecule has 0 atom stereocenters. The molecule has 1 aromatic heterocycles. The molecule has 4 nitrogen and oxygen atoms in total. The summed E-state index contributed by atoms with van der Waals surface area (Å²) in [6, 6.07) is 0. The number of aromatic amines is 1. The van der Waals surface area contributed by atoms with Crippen LogP contribution in [0.5, 0.6) is 0 Å². The van der Waals surface area contributed by atoms with E-state index in [2.05, 4.69) is 28.9 Å². The van der Waals surface area contributed by atoms with Crippen molar-refractivity contribution in [1.29, 1.82) is 0 Å². The van der Waals surface area contributed by atoms with Crippen molar-refractivity contribution >= 4 is 5.91 Å². The van der Waals surface area contributed by atoms with Gasteiger partial charge in [0.2, 0.25) is 5.91 Å². The molecule has 1 saturated carbocycles. The Morgan fingerprint density at radius 3 is 2.62 bits per heavy atom. The highest BCUT2D eigenvalue weighted by Gasteiger charge is 2.30. The molecule has 0 radical (unpaired) electrons. The molecule has 2 heterocycles. The second-order valence-corrected chi connectivity index (χ2v) is 6.92. The number of aromatic nitrogens is 2. The average Bonchev–Trinajstić information content (AvgIpc) is 2.72. The molecule has 1 fully saturated rings. The fraction of sp³-hybridized carbons (Fsp3) is 0.765. The van der Waals surface area contributed by atoms with Gasteiger partial charge in [-0.15, -0.1) is 0 Å². The fourth-order valence-corrected chi connectivity index (χ4v) is 3.77. The monoisotopic (exact) mass is 289 g/mol. The Bertz CT molecular complexity index is 498. The lowest BCUT2D eigenvalue weighted by atomic mass is 9.95. The number of carbonyl (C=O) groups excluding carboxylic acids is 1. The SMILES string of the molecule is CC(C)c1n[nH]c2c1CN(C(=O)C1CCCCCC1)CC2. The number of hydrogen-bond acceptors (Lipinski definition) is 2. The van der Waals surface area contributed by atoms with Crippen molar-refractivity contribution < 1.29 is 4.79 Å². The van der Waals surface area contributed by atoms with Gasteiger partial charge in [-0.1, -0.05) is 39.5 Å². The summed E-state index contributed by atoms with van der Waals surface area (Å²) < 4.78 is 0. The van der Waals surface area contributed by atoms with Crippen LogP contribution in [0.2, 0.25) is 0 Å². The third-order valence-corrected chi connectivity index (χ3v) is 5.03. The van der Waals surface area contributed by atoms with Crippen LogP contribution in [0.25, 0.3) is 0 Å². The maximum Gasteiger partial charge on any atom is 0.225 e. The van der Waals surface area contributed by atoms with E-state index < -0.39 is 0 Å². The predicted octanol–water partition coefficient (Wildman–Crippen LogP) is 3.39. The molecule has 1 amide bonds. The van der Waals surface area contributed by atoms with Crippen molar-refractivity contribution in [1.82, 2.24) is 15.1 Å². The Kier molecular flexibility index (Phi) is 4.32. The smallest absolute Gasteiger partial charge is 0.225 e. The van der Waals surface area contributed by atoms with E-state index in [0.717, 1.165) is 38.0 Å². The third kappa shape index (κ3) is 2.99. The van der Waals surface area contributed by atoms with E-state index in [1.54, 1.807) is 0 Å². The van der Waals surface area contributed by atoms with Crippen LogP contribution in [0.15, 0.2) is 0 Å². The van der Waals surface area contributed by atoms with Gasteiger partial charge >= 0.3 is 0 Å². The molecule has 21 heavy (non-hydrogen) atoms. The van der Waals surface area contributed by atoms with E-state index in [-0.39, 0.29) is 5.92 Å². The maximum atomic E-state index is 12.8. The van der Waals surface area contributed by atoms with E-state index in [1.165, 1.54) is 36.9 Å². The predicted molar refractivity (Wildman–Crippen MR) is 83.0 cm³/mol. The highest BCUT2D eigenvalue weighted by molar-refractivity contribution is 5.79. The maximum absolute atomic E-state index is 12.8. The summed E-state index contributed by atoms with van der Waals surface area (Å²) in [5.74, 6) is 1.07. The minimum absolute atomic E-state index is 0.267. The second-order valence-electron chi connectivity index (χ2n) is 6.92. The molecule has 0 saturated heterocycles. The Hall–Kier alpha value is -1.32. The van der Waals surface area contributed by atoms with Crippen LogP contribution in [-0.4, -0.2) is 27.5 Å². The number of nitrogens with zero attached hydrogens (tertiary/aromatic N) is 2. The number of nitrogens with one attached hydrogen (secondary N) is 1. The van der Waals surface area contributed by atoms with E-state index in [1.807, 2.05) is 0 Å². The number of H-pyrrole nitrogens is 1. The Labute approximate surface area is 127 Å². The van der Waals surface area contributed by atoms with Crippen LogP contribution in [0.3, 0.4) is 0 Å². The van der Waals surface area contributed by atoms with Crippen molar-refractivity contribution in [2.45, 2.75) is 71.3 Å². The second kappa shape index (κ2) is 6.20. The largest absolute Gasteiger partial charge is 0.338 e. The first-order valence-electron chi connectivity index (χ1n) is 8.51. The van der Waals surface area contributed by atoms with Gasteiger partial charge in [0.05, 0.1) is 5.69 Å². The molecule has 1 N–H and O–H groups in total. The summed E-state index contributed by atoms with van der Waals surface area (Å²) in [4.78, 5) is 14.9. The van der Waals surface area contributed by atoms with E-state index in [0.29, 0.717) is 11.8 Å². The minimum atomic E-state index is 0.267. The molecule has 0 aromatic carbocycles. The molecule has 0 spiro atoms. The zero-order valence-corrected chi connectivity index (χ0v) is 13.3. The van der Waals surface area contributed by atoms with Crippen molar-refractivity contribution in [2.24, 2.45) is 5.92 Å². The molecule has 4 heteroatoms. The first kappa shape index (κ1) is 14.6. The van der Waals surface area contributed by atoms with Gasteiger partial charge in [-0.25, -0.2) is 0 Å². The Morgan fingerprint density at radius 2 is 1.95 bits per heavy atom. The minimum Gasteiger partial charge on any atom is -0.338 e. The normalized spacial score (nSPS) is 20.4. The van der Waals surface area contributed by atoms with Crippen LogP contribution in [-0.2, 0) is 17.8 Å². The molecule has 2 aliphatic rings. The van der Waals surface area contributed by atoms with Gasteiger partial charge in [0.25, 0.3) is 0 Å². The third-order valence-electron chi connectivity index (χ3n) is 5.03. The van der Waals surface area contributed by atoms with Crippen molar-refractivity contribution in [3.05, 3.63) is 17.0 Å². The standard InChI is InChI=1S/C17H27N3O/c1-12(2)16-14-11-20(10-9-15(14)18-19-16)17(21)13-7-5-3-4-6-8-13/h12-13H,3-11H2,1-2H3,(H,18,19). The van der Waals surface area contributed by atoms with Crippen molar-refractivity contribution in [2.75, 3.05) is 6.54 Å². The lowest BCUT2D eigenvalue weighted by Gasteiger charge is -2.30. The summed E-state index contributed by atoms with van der Waals surface area (Å²) in [5.41, 5.74) is 3.66. The van der Waals surface area contributed by atoms with Gasteiger partial charge in [0.1, 0.15) is 0 Å². The highest BCUT2D eigenvalue weighted by Crippen LogP contribution is 2.29. The number of carbonyl (C=O) groups is 1. The topological polar surface area (TPSA) is 49.0 Å². The van der Waals surface area contributed by atoms with E-state index in [9.17, 15) is 4.79 Å². The quantitative estimate of drug-likeness (QED) is 0.848. The zero-order valence-electron chi connectivity index (χ0n) is 13.3. The highest BCUT2D eigenvalue weighted by atomic mass is 16.2. The molecular weight excluding hydrogens is 262 g/mol. The summed E-state index contributed by atoms with van der Waals surface area (Å²) in [5, 5.41) is 7.62. The number of amides is 1. The molecule has 1 aliphatic carbocycles. The number of fused-ring (bicyclic) bond motifs is 1. The van der Waals surface area contributed by atoms with Crippen LogP contribution in [0.4, 0.5) is 0 Å². The van der Waals surface area contributed by atoms with Gasteiger partial charge in [0.15, 0.2) is 0 Å². The van der Waals surface area contributed by atoms with Gasteiger partial charge in [0, 0.05) is 36.7 Å². The molecular formula is C17H27N3O. The summed E-state index contributed by atoms with van der Waals surface area (Å²) in [6.07, 6.45) is 8.14. The van der Waals surface area contributed by atoms with Crippen LogP contribution < -0.4 is 0 Å². The summed E-state index contributed by atoms with van der Waals surface area (Å²) in [6.45, 7) is 5.95. The van der Waals surface area contributed by atoms with Gasteiger partial charge in [-0.3, -0.25) is 9.89 Å². The Balaban J connectivity index is 1.72. The number of hydrogen-bond donors (Lipinski definition) is 1. The van der Waals surface area contributed by atoms with Crippen molar-refractivity contribution in [3.8, 4) is 0 Å². The van der Waals surface area contributed by atoms with Crippen LogP contribution in [0, 0.1) is 5.92 Å². The molecule has 3 rings (SSSR count). The number of rotatable bonds is 2. The summed E-state index contributed by atoms with van der Waals surface area (Å²) in [7, 11) is 0. The average molecular weight is 289 g/mol. The van der Waals surface area contributed by atoms with Crippen LogP contribution in [0.1, 0.15) is 75.2 Å². The molecule has 0 unspecified atom stereocenters. The molecule has 1 aliphatic heterocycles. The van der Waals surface area contributed by atoms with Gasteiger partial charge < -0.3 is 4.90 Å². The lowest BCUT2D eigenvalue weighted by molar-refractivity contribution is -0.136. The zero-order chi connectivity index (χ0) is 14.8.